The van der Waals surface area contributed by atoms with E-state index in [1.807, 2.05) is 0 Å². The van der Waals surface area contributed by atoms with Crippen molar-refractivity contribution in [2.75, 3.05) is 7.11 Å². The van der Waals surface area contributed by atoms with E-state index in [1.54, 1.807) is 17.9 Å². The largest absolute Gasteiger partial charge is 0.493 e. The van der Waals surface area contributed by atoms with Gasteiger partial charge >= 0.3 is 0 Å². The Bertz CT molecular complexity index is 383. The molecule has 0 radical (unpaired) electrons. The highest BCUT2D eigenvalue weighted by molar-refractivity contribution is 5.29. The summed E-state index contributed by atoms with van der Waals surface area (Å²) < 4.78 is 6.73. The average molecular weight is 240 g/mol. The molecule has 1 fully saturated rings. The van der Waals surface area contributed by atoms with Gasteiger partial charge in [0.1, 0.15) is 11.8 Å². The van der Waals surface area contributed by atoms with Crippen molar-refractivity contribution in [2.24, 2.45) is 7.05 Å². The molecule has 1 aromatic rings. The quantitative estimate of drug-likeness (QED) is 0.832. The van der Waals surface area contributed by atoms with Gasteiger partial charge in [-0.3, -0.25) is 4.68 Å². The molecule has 96 valence electrons. The zero-order valence-electron chi connectivity index (χ0n) is 10.4. The minimum absolute atomic E-state index is 0.527. The Morgan fingerprint density at radius 2 is 2.06 bits per heavy atom. The molecule has 0 spiro atoms. The van der Waals surface area contributed by atoms with Crippen LogP contribution in [0.25, 0.3) is 0 Å². The molecule has 2 N–H and O–H groups in total. The summed E-state index contributed by atoms with van der Waals surface area (Å²) in [6.07, 6.45) is 4.90. The van der Waals surface area contributed by atoms with E-state index in [1.165, 1.54) is 7.11 Å². The van der Waals surface area contributed by atoms with Crippen LogP contribution in [0.1, 0.15) is 43.9 Å². The first kappa shape index (κ1) is 12.4. The number of hydrogen-bond acceptors (Lipinski definition) is 4. The Balaban J connectivity index is 2.28. The molecule has 1 heterocycles. The molecule has 1 aliphatic carbocycles. The number of hydrogen-bond donors (Lipinski definition) is 2. The predicted molar refractivity (Wildman–Crippen MR) is 62.8 cm³/mol. The summed E-state index contributed by atoms with van der Waals surface area (Å²) in [6, 6.07) is 0. The molecule has 17 heavy (non-hydrogen) atoms. The SMILES string of the molecule is COc1cnn(C)c1C(O)C1(O)CCCCC1. The first-order valence-electron chi connectivity index (χ1n) is 6.05. The monoisotopic (exact) mass is 240 g/mol. The maximum atomic E-state index is 10.5. The minimum atomic E-state index is -1.04. The molecule has 0 aliphatic heterocycles. The van der Waals surface area contributed by atoms with Gasteiger partial charge in [-0.25, -0.2) is 0 Å². The molecule has 1 atom stereocenters. The van der Waals surface area contributed by atoms with E-state index in [2.05, 4.69) is 5.10 Å². The summed E-state index contributed by atoms with van der Waals surface area (Å²) in [7, 11) is 3.28. The molecule has 0 amide bonds. The van der Waals surface area contributed by atoms with Gasteiger partial charge in [-0.1, -0.05) is 19.3 Å². The van der Waals surface area contributed by atoms with E-state index < -0.39 is 11.7 Å². The summed E-state index contributed by atoms with van der Waals surface area (Å²) in [4.78, 5) is 0. The average Bonchev–Trinajstić information content (AvgIpc) is 2.70. The van der Waals surface area contributed by atoms with E-state index in [-0.39, 0.29) is 0 Å². The second-order valence-corrected chi connectivity index (χ2v) is 4.79. The highest BCUT2D eigenvalue weighted by Gasteiger charge is 2.40. The van der Waals surface area contributed by atoms with E-state index in [4.69, 9.17) is 4.74 Å². The molecule has 0 bridgehead atoms. The lowest BCUT2D eigenvalue weighted by Crippen LogP contribution is -2.39. The van der Waals surface area contributed by atoms with Crippen LogP contribution in [-0.4, -0.2) is 32.7 Å². The Labute approximate surface area is 101 Å². The van der Waals surface area contributed by atoms with Crippen LogP contribution >= 0.6 is 0 Å². The number of rotatable bonds is 3. The zero-order valence-corrected chi connectivity index (χ0v) is 10.4. The number of aromatic nitrogens is 2. The van der Waals surface area contributed by atoms with Gasteiger partial charge in [0.2, 0.25) is 0 Å². The molecule has 0 saturated heterocycles. The standard InChI is InChI=1S/C12H20N2O3/c1-14-10(9(17-2)8-13-14)11(15)12(16)6-4-3-5-7-12/h8,11,15-16H,3-7H2,1-2H3. The van der Waals surface area contributed by atoms with Crippen LogP contribution in [0.15, 0.2) is 6.20 Å². The molecule has 0 aromatic carbocycles. The Morgan fingerprint density at radius 3 is 2.65 bits per heavy atom. The third kappa shape index (κ3) is 2.17. The zero-order chi connectivity index (χ0) is 12.5. The molecule has 1 saturated carbocycles. The lowest BCUT2D eigenvalue weighted by molar-refractivity contribution is -0.103. The van der Waals surface area contributed by atoms with E-state index in [9.17, 15) is 10.2 Å². The van der Waals surface area contributed by atoms with Crippen molar-refractivity contribution in [3.8, 4) is 5.75 Å². The number of aliphatic hydroxyl groups is 2. The highest BCUT2D eigenvalue weighted by Crippen LogP contribution is 2.40. The number of ether oxygens (including phenoxy) is 1. The van der Waals surface area contributed by atoms with Crippen LogP contribution in [0.3, 0.4) is 0 Å². The molecule has 1 aromatic heterocycles. The van der Waals surface area contributed by atoms with Crippen molar-refractivity contribution in [1.82, 2.24) is 9.78 Å². The predicted octanol–water partition coefficient (Wildman–Crippen LogP) is 1.16. The lowest BCUT2D eigenvalue weighted by atomic mass is 9.79. The van der Waals surface area contributed by atoms with Crippen molar-refractivity contribution in [1.29, 1.82) is 0 Å². The van der Waals surface area contributed by atoms with E-state index in [0.717, 1.165) is 19.3 Å². The van der Waals surface area contributed by atoms with Gasteiger partial charge in [0.15, 0.2) is 5.75 Å². The normalized spacial score (nSPS) is 21.2. The number of methoxy groups -OCH3 is 1. The van der Waals surface area contributed by atoms with Gasteiger partial charge in [0, 0.05) is 7.05 Å². The molecule has 1 aliphatic rings. The van der Waals surface area contributed by atoms with Gasteiger partial charge < -0.3 is 14.9 Å². The summed E-state index contributed by atoms with van der Waals surface area (Å²) in [5.74, 6) is 0.527. The van der Waals surface area contributed by atoms with Crippen LogP contribution in [0.2, 0.25) is 0 Å². The minimum Gasteiger partial charge on any atom is -0.493 e. The van der Waals surface area contributed by atoms with Gasteiger partial charge in [0.05, 0.1) is 18.9 Å². The third-order valence-corrected chi connectivity index (χ3v) is 3.66. The first-order valence-corrected chi connectivity index (χ1v) is 6.05. The summed E-state index contributed by atoms with van der Waals surface area (Å²) in [6.45, 7) is 0. The topological polar surface area (TPSA) is 67.5 Å². The van der Waals surface area contributed by atoms with Crippen LogP contribution in [0.5, 0.6) is 5.75 Å². The summed E-state index contributed by atoms with van der Waals surface area (Å²) in [5, 5.41) is 25.0. The van der Waals surface area contributed by atoms with Crippen molar-refractivity contribution in [2.45, 2.75) is 43.8 Å². The maximum Gasteiger partial charge on any atom is 0.162 e. The summed E-state index contributed by atoms with van der Waals surface area (Å²) in [5.41, 5.74) is -0.490. The fraction of sp³-hybridized carbons (Fsp3) is 0.750. The van der Waals surface area contributed by atoms with Crippen LogP contribution in [0.4, 0.5) is 0 Å². The highest BCUT2D eigenvalue weighted by atomic mass is 16.5. The number of nitrogens with zero attached hydrogens (tertiary/aromatic N) is 2. The third-order valence-electron chi connectivity index (χ3n) is 3.66. The molecule has 5 heteroatoms. The van der Waals surface area contributed by atoms with E-state index >= 15 is 0 Å². The smallest absolute Gasteiger partial charge is 0.162 e. The summed E-state index contributed by atoms with van der Waals surface area (Å²) >= 11 is 0. The van der Waals surface area contributed by atoms with Crippen molar-refractivity contribution >= 4 is 0 Å². The Kier molecular flexibility index (Phi) is 3.40. The van der Waals surface area contributed by atoms with Crippen LogP contribution < -0.4 is 4.74 Å². The molecule has 1 unspecified atom stereocenters. The van der Waals surface area contributed by atoms with Crippen LogP contribution in [0, 0.1) is 0 Å². The molecular formula is C12H20N2O3. The molecule has 5 nitrogen and oxygen atoms in total. The lowest BCUT2D eigenvalue weighted by Gasteiger charge is -2.36. The second kappa shape index (κ2) is 4.66. The van der Waals surface area contributed by atoms with Gasteiger partial charge in [-0.15, -0.1) is 0 Å². The maximum absolute atomic E-state index is 10.5. The second-order valence-electron chi connectivity index (χ2n) is 4.79. The number of aryl methyl sites for hydroxylation is 1. The molecule has 2 rings (SSSR count). The van der Waals surface area contributed by atoms with Crippen molar-refractivity contribution < 1.29 is 14.9 Å². The van der Waals surface area contributed by atoms with Gasteiger partial charge in [-0.05, 0) is 12.8 Å². The van der Waals surface area contributed by atoms with Crippen LogP contribution in [-0.2, 0) is 7.05 Å². The molecular weight excluding hydrogens is 220 g/mol. The van der Waals surface area contributed by atoms with Crippen molar-refractivity contribution in [3.05, 3.63) is 11.9 Å². The number of aliphatic hydroxyl groups excluding tert-OH is 1. The Morgan fingerprint density at radius 1 is 1.41 bits per heavy atom. The van der Waals surface area contributed by atoms with Gasteiger partial charge in [-0.2, -0.15) is 5.10 Å². The fourth-order valence-electron chi connectivity index (χ4n) is 2.59. The first-order chi connectivity index (χ1) is 8.08. The van der Waals surface area contributed by atoms with E-state index in [0.29, 0.717) is 24.3 Å². The fourth-order valence-corrected chi connectivity index (χ4v) is 2.59. The Hall–Kier alpha value is -1.07. The van der Waals surface area contributed by atoms with Crippen molar-refractivity contribution in [3.63, 3.8) is 0 Å². The van der Waals surface area contributed by atoms with Gasteiger partial charge in [0.25, 0.3) is 0 Å².